The minimum Gasteiger partial charge on any atom is -0.394 e. The maximum absolute atomic E-state index is 12.9. The molecule has 1 saturated carbocycles. The van der Waals surface area contributed by atoms with Crippen LogP contribution in [0, 0.1) is 0 Å². The summed E-state index contributed by atoms with van der Waals surface area (Å²) in [6.07, 6.45) is 5.98. The fourth-order valence-electron chi connectivity index (χ4n) is 5.46. The molecule has 1 aromatic rings. The van der Waals surface area contributed by atoms with Crippen molar-refractivity contribution in [3.05, 3.63) is 35.9 Å². The van der Waals surface area contributed by atoms with Crippen molar-refractivity contribution in [3.63, 3.8) is 0 Å². The van der Waals surface area contributed by atoms with Crippen LogP contribution in [0.2, 0.25) is 0 Å². The molecule has 2 saturated heterocycles. The van der Waals surface area contributed by atoms with Gasteiger partial charge < -0.3 is 15.3 Å². The molecule has 6 nitrogen and oxygen atoms in total. The molecule has 4 rings (SSSR count). The van der Waals surface area contributed by atoms with Crippen LogP contribution in [0.5, 0.6) is 0 Å². The summed E-state index contributed by atoms with van der Waals surface area (Å²) < 4.78 is 0. The third kappa shape index (κ3) is 4.76. The number of aliphatic hydroxyl groups is 1. The molecule has 2 atom stereocenters. The number of carbonyl (C=O) groups is 1. The largest absolute Gasteiger partial charge is 0.394 e. The van der Waals surface area contributed by atoms with Crippen LogP contribution in [0.15, 0.2) is 30.3 Å². The molecule has 160 valence electrons. The number of hydrogen-bond donors (Lipinski definition) is 2. The van der Waals surface area contributed by atoms with Gasteiger partial charge in [-0.15, -0.1) is 0 Å². The predicted molar refractivity (Wildman–Crippen MR) is 115 cm³/mol. The fraction of sp³-hybridized carbons (Fsp3) is 0.696. The lowest BCUT2D eigenvalue weighted by atomic mass is 9.91. The minimum absolute atomic E-state index is 0.0995. The highest BCUT2D eigenvalue weighted by atomic mass is 16.3. The molecule has 0 bridgehead atoms. The molecular weight excluding hydrogens is 364 g/mol. The second-order valence-electron chi connectivity index (χ2n) is 9.39. The Balaban J connectivity index is 1.41. The van der Waals surface area contributed by atoms with E-state index in [1.807, 2.05) is 11.0 Å². The van der Waals surface area contributed by atoms with E-state index in [0.717, 1.165) is 52.1 Å². The van der Waals surface area contributed by atoms with Gasteiger partial charge in [0, 0.05) is 51.4 Å². The van der Waals surface area contributed by atoms with Crippen LogP contribution in [0.25, 0.3) is 0 Å². The van der Waals surface area contributed by atoms with Crippen LogP contribution >= 0.6 is 0 Å². The number of rotatable bonds is 4. The summed E-state index contributed by atoms with van der Waals surface area (Å²) in [7, 11) is 0. The van der Waals surface area contributed by atoms with E-state index in [-0.39, 0.29) is 24.2 Å². The fourth-order valence-corrected chi connectivity index (χ4v) is 5.46. The van der Waals surface area contributed by atoms with Crippen molar-refractivity contribution >= 4 is 6.03 Å². The van der Waals surface area contributed by atoms with Crippen LogP contribution in [-0.2, 0) is 6.54 Å². The zero-order valence-electron chi connectivity index (χ0n) is 17.7. The summed E-state index contributed by atoms with van der Waals surface area (Å²) in [4.78, 5) is 19.8. The van der Waals surface area contributed by atoms with Gasteiger partial charge in [-0.1, -0.05) is 49.6 Å². The van der Waals surface area contributed by atoms with E-state index in [9.17, 15) is 9.90 Å². The van der Waals surface area contributed by atoms with Gasteiger partial charge in [0.1, 0.15) is 0 Å². The van der Waals surface area contributed by atoms with Crippen molar-refractivity contribution < 1.29 is 9.90 Å². The van der Waals surface area contributed by atoms with Crippen molar-refractivity contribution in [1.82, 2.24) is 20.0 Å². The molecule has 3 aliphatic rings. The van der Waals surface area contributed by atoms with Gasteiger partial charge in [0.05, 0.1) is 12.1 Å². The summed E-state index contributed by atoms with van der Waals surface area (Å²) in [5.74, 6) is 0. The molecule has 0 aromatic heterocycles. The molecule has 0 unspecified atom stereocenters. The van der Waals surface area contributed by atoms with E-state index in [1.54, 1.807) is 0 Å². The molecule has 2 amide bonds. The molecule has 0 spiro atoms. The van der Waals surface area contributed by atoms with Crippen LogP contribution in [0.3, 0.4) is 0 Å². The number of nitrogens with one attached hydrogen (secondary N) is 1. The Bertz CT molecular complexity index is 679. The molecular formula is C23H36N4O2. The standard InChI is InChI=1S/C23H36N4O2/c1-23(18-28)17-25(14-19-8-4-2-5-9-19)15-21-16-26(12-13-27(21)23)22(29)24-20-10-6-3-7-11-20/h2,4-5,8-9,20-21,28H,3,6-7,10-18H2,1H3,(H,24,29)/t21-,23+/m1/s1. The Hall–Kier alpha value is -1.63. The van der Waals surface area contributed by atoms with Gasteiger partial charge in [0.25, 0.3) is 0 Å². The Morgan fingerprint density at radius 3 is 2.62 bits per heavy atom. The number of carbonyl (C=O) groups excluding carboxylic acids is 1. The number of piperazine rings is 2. The highest BCUT2D eigenvalue weighted by Gasteiger charge is 2.45. The molecule has 2 aliphatic heterocycles. The number of urea groups is 1. The summed E-state index contributed by atoms with van der Waals surface area (Å²) in [5, 5.41) is 13.5. The first-order valence-corrected chi connectivity index (χ1v) is 11.3. The lowest BCUT2D eigenvalue weighted by Gasteiger charge is -2.56. The summed E-state index contributed by atoms with van der Waals surface area (Å²) >= 11 is 0. The average Bonchev–Trinajstić information content (AvgIpc) is 2.75. The minimum atomic E-state index is -0.260. The van der Waals surface area contributed by atoms with Gasteiger partial charge in [0.15, 0.2) is 0 Å². The summed E-state index contributed by atoms with van der Waals surface area (Å²) in [6, 6.07) is 11.2. The maximum atomic E-state index is 12.9. The van der Waals surface area contributed by atoms with Gasteiger partial charge in [0.2, 0.25) is 0 Å². The number of aliphatic hydroxyl groups excluding tert-OH is 1. The van der Waals surface area contributed by atoms with E-state index < -0.39 is 0 Å². The second kappa shape index (κ2) is 9.02. The monoisotopic (exact) mass is 400 g/mol. The highest BCUT2D eigenvalue weighted by molar-refractivity contribution is 5.74. The van der Waals surface area contributed by atoms with E-state index >= 15 is 0 Å². The molecule has 29 heavy (non-hydrogen) atoms. The number of nitrogens with zero attached hydrogens (tertiary/aromatic N) is 3. The SMILES string of the molecule is C[C@@]1(CO)CN(Cc2ccccc2)C[C@@H]2CN(C(=O)NC3CCCCC3)CCN21. The molecule has 1 aromatic carbocycles. The summed E-state index contributed by atoms with van der Waals surface area (Å²) in [6.45, 7) is 7.27. The van der Waals surface area contributed by atoms with Crippen LogP contribution in [0.4, 0.5) is 4.79 Å². The topological polar surface area (TPSA) is 59.1 Å². The van der Waals surface area contributed by atoms with Gasteiger partial charge in [-0.25, -0.2) is 4.79 Å². The van der Waals surface area contributed by atoms with E-state index in [1.165, 1.54) is 24.8 Å². The quantitative estimate of drug-likeness (QED) is 0.814. The smallest absolute Gasteiger partial charge is 0.317 e. The van der Waals surface area contributed by atoms with Gasteiger partial charge in [-0.3, -0.25) is 9.80 Å². The van der Waals surface area contributed by atoms with Crippen molar-refractivity contribution in [2.45, 2.75) is 63.2 Å². The van der Waals surface area contributed by atoms with Crippen molar-refractivity contribution in [2.75, 3.05) is 39.3 Å². The number of hydrogen-bond acceptors (Lipinski definition) is 4. The number of amides is 2. The van der Waals surface area contributed by atoms with E-state index in [0.29, 0.717) is 6.04 Å². The molecule has 1 aliphatic carbocycles. The predicted octanol–water partition coefficient (Wildman–Crippen LogP) is 2.28. The van der Waals surface area contributed by atoms with Gasteiger partial charge in [-0.05, 0) is 25.3 Å². The normalized spacial score (nSPS) is 29.4. The first-order valence-electron chi connectivity index (χ1n) is 11.3. The van der Waals surface area contributed by atoms with Gasteiger partial charge in [-0.2, -0.15) is 0 Å². The lowest BCUT2D eigenvalue weighted by Crippen LogP contribution is -2.72. The Kier molecular flexibility index (Phi) is 6.42. The third-order valence-electron chi connectivity index (χ3n) is 7.02. The third-order valence-corrected chi connectivity index (χ3v) is 7.02. The van der Waals surface area contributed by atoms with Crippen LogP contribution in [0.1, 0.15) is 44.6 Å². The van der Waals surface area contributed by atoms with Crippen molar-refractivity contribution in [3.8, 4) is 0 Å². The maximum Gasteiger partial charge on any atom is 0.317 e. The van der Waals surface area contributed by atoms with Gasteiger partial charge >= 0.3 is 6.03 Å². The molecule has 2 heterocycles. The first-order chi connectivity index (χ1) is 14.1. The zero-order valence-corrected chi connectivity index (χ0v) is 17.7. The van der Waals surface area contributed by atoms with Crippen molar-refractivity contribution in [1.29, 1.82) is 0 Å². The van der Waals surface area contributed by atoms with Crippen molar-refractivity contribution in [2.24, 2.45) is 0 Å². The number of fused-ring (bicyclic) bond motifs is 1. The first kappa shape index (κ1) is 20.6. The zero-order chi connectivity index (χ0) is 20.3. The Labute approximate surface area is 174 Å². The van der Waals surface area contributed by atoms with E-state index in [4.69, 9.17) is 0 Å². The highest BCUT2D eigenvalue weighted by Crippen LogP contribution is 2.29. The molecule has 6 heteroatoms. The van der Waals surface area contributed by atoms with Crippen LogP contribution < -0.4 is 5.32 Å². The molecule has 2 N–H and O–H groups in total. The van der Waals surface area contributed by atoms with Crippen LogP contribution in [-0.4, -0.2) is 82.8 Å². The lowest BCUT2D eigenvalue weighted by molar-refractivity contribution is -0.0878. The Morgan fingerprint density at radius 2 is 1.90 bits per heavy atom. The Morgan fingerprint density at radius 1 is 1.14 bits per heavy atom. The number of benzene rings is 1. The summed E-state index contributed by atoms with van der Waals surface area (Å²) in [5.41, 5.74) is 1.04. The van der Waals surface area contributed by atoms with E-state index in [2.05, 4.69) is 46.3 Å². The molecule has 3 fully saturated rings. The molecule has 0 radical (unpaired) electrons. The average molecular weight is 401 g/mol. The second-order valence-corrected chi connectivity index (χ2v) is 9.39.